The summed E-state index contributed by atoms with van der Waals surface area (Å²) in [5, 5.41) is 4.84. The SMILES string of the molecule is CCOc1ccc2[nH]c(=O)c(CN(Cc3ccc(OC)cc3)C(=S)NCc3ccccc3)cc2c1. The van der Waals surface area contributed by atoms with Crippen LogP contribution in [0.25, 0.3) is 10.9 Å². The fourth-order valence-electron chi connectivity index (χ4n) is 3.85. The summed E-state index contributed by atoms with van der Waals surface area (Å²) in [6, 6.07) is 25.5. The molecule has 180 valence electrons. The maximum Gasteiger partial charge on any atom is 0.253 e. The van der Waals surface area contributed by atoms with E-state index in [2.05, 4.69) is 10.3 Å². The highest BCUT2D eigenvalue weighted by atomic mass is 32.1. The number of aromatic amines is 1. The highest BCUT2D eigenvalue weighted by molar-refractivity contribution is 7.80. The summed E-state index contributed by atoms with van der Waals surface area (Å²) in [6.45, 7) is 4.03. The number of ether oxygens (including phenoxy) is 2. The van der Waals surface area contributed by atoms with Crippen LogP contribution in [0.15, 0.2) is 83.7 Å². The fraction of sp³-hybridized carbons (Fsp3) is 0.214. The Balaban J connectivity index is 1.60. The van der Waals surface area contributed by atoms with Crippen molar-refractivity contribution in [3.05, 3.63) is 106 Å². The van der Waals surface area contributed by atoms with E-state index in [0.717, 1.165) is 33.5 Å². The molecule has 2 N–H and O–H groups in total. The van der Waals surface area contributed by atoms with Gasteiger partial charge in [-0.2, -0.15) is 0 Å². The maximum atomic E-state index is 12.9. The number of H-pyrrole nitrogens is 1. The second-order valence-electron chi connectivity index (χ2n) is 8.15. The first-order valence-corrected chi connectivity index (χ1v) is 11.9. The molecule has 0 amide bonds. The molecule has 3 aromatic carbocycles. The molecule has 7 heteroatoms. The first kappa shape index (κ1) is 24.3. The summed E-state index contributed by atoms with van der Waals surface area (Å²) >= 11 is 5.77. The molecule has 6 nitrogen and oxygen atoms in total. The van der Waals surface area contributed by atoms with Crippen molar-refractivity contribution in [2.24, 2.45) is 0 Å². The zero-order valence-electron chi connectivity index (χ0n) is 19.9. The number of pyridine rings is 1. The second kappa shape index (κ2) is 11.5. The summed E-state index contributed by atoms with van der Waals surface area (Å²) in [4.78, 5) is 17.9. The molecule has 0 unspecified atom stereocenters. The number of thiocarbonyl (C=S) groups is 1. The largest absolute Gasteiger partial charge is 0.497 e. The van der Waals surface area contributed by atoms with Gasteiger partial charge in [-0.15, -0.1) is 0 Å². The predicted octanol–water partition coefficient (Wildman–Crippen LogP) is 5.01. The number of benzene rings is 3. The molecule has 0 aliphatic heterocycles. The molecule has 0 aliphatic rings. The number of aromatic nitrogens is 1. The number of fused-ring (bicyclic) bond motifs is 1. The highest BCUT2D eigenvalue weighted by Crippen LogP contribution is 2.20. The van der Waals surface area contributed by atoms with Gasteiger partial charge in [-0.05, 0) is 66.7 Å². The van der Waals surface area contributed by atoms with Crippen molar-refractivity contribution in [3.63, 3.8) is 0 Å². The van der Waals surface area contributed by atoms with E-state index in [9.17, 15) is 4.79 Å². The normalized spacial score (nSPS) is 10.7. The molecule has 0 bridgehead atoms. The summed E-state index contributed by atoms with van der Waals surface area (Å²) in [5.41, 5.74) is 3.46. The first-order valence-electron chi connectivity index (χ1n) is 11.5. The Labute approximate surface area is 210 Å². The lowest BCUT2D eigenvalue weighted by Gasteiger charge is -2.26. The number of nitrogens with zero attached hydrogens (tertiary/aromatic N) is 1. The van der Waals surface area contributed by atoms with Crippen molar-refractivity contribution in [2.75, 3.05) is 13.7 Å². The van der Waals surface area contributed by atoms with Crippen LogP contribution < -0.4 is 20.3 Å². The summed E-state index contributed by atoms with van der Waals surface area (Å²) in [7, 11) is 1.65. The van der Waals surface area contributed by atoms with Crippen molar-refractivity contribution < 1.29 is 9.47 Å². The average molecular weight is 488 g/mol. The summed E-state index contributed by atoms with van der Waals surface area (Å²) in [6.07, 6.45) is 0. The van der Waals surface area contributed by atoms with Gasteiger partial charge in [0.05, 0.1) is 20.3 Å². The molecule has 0 radical (unpaired) electrons. The van der Waals surface area contributed by atoms with Crippen LogP contribution in [-0.4, -0.2) is 28.7 Å². The Morgan fingerprint density at radius 2 is 1.69 bits per heavy atom. The topological polar surface area (TPSA) is 66.6 Å². The average Bonchev–Trinajstić information content (AvgIpc) is 2.88. The van der Waals surface area contributed by atoms with Crippen LogP contribution in [0.1, 0.15) is 23.6 Å². The van der Waals surface area contributed by atoms with E-state index in [0.29, 0.717) is 36.9 Å². The monoisotopic (exact) mass is 487 g/mol. The van der Waals surface area contributed by atoms with E-state index in [4.69, 9.17) is 21.7 Å². The number of methoxy groups -OCH3 is 1. The summed E-state index contributed by atoms with van der Waals surface area (Å²) in [5.74, 6) is 1.56. The van der Waals surface area contributed by atoms with E-state index in [1.165, 1.54) is 0 Å². The van der Waals surface area contributed by atoms with E-state index in [-0.39, 0.29) is 5.56 Å². The van der Waals surface area contributed by atoms with Gasteiger partial charge in [-0.25, -0.2) is 0 Å². The molecule has 0 aliphatic carbocycles. The molecule has 0 spiro atoms. The van der Waals surface area contributed by atoms with Gasteiger partial charge >= 0.3 is 0 Å². The standard InChI is InChI=1S/C28H29N3O3S/c1-3-34-25-13-14-26-22(16-25)15-23(27(32)30-26)19-31(18-21-9-11-24(33-2)12-10-21)28(35)29-17-20-7-5-4-6-8-20/h4-16H,3,17-19H2,1-2H3,(H,29,35)(H,30,32). The quantitative estimate of drug-likeness (QED) is 0.324. The van der Waals surface area contributed by atoms with E-state index in [1.54, 1.807) is 7.11 Å². The molecule has 0 saturated carbocycles. The lowest BCUT2D eigenvalue weighted by molar-refractivity contribution is 0.340. The van der Waals surface area contributed by atoms with Crippen LogP contribution >= 0.6 is 12.2 Å². The number of nitrogens with one attached hydrogen (secondary N) is 2. The second-order valence-corrected chi connectivity index (χ2v) is 8.54. The number of hydrogen-bond donors (Lipinski definition) is 2. The van der Waals surface area contributed by atoms with E-state index < -0.39 is 0 Å². The smallest absolute Gasteiger partial charge is 0.253 e. The van der Waals surface area contributed by atoms with Crippen molar-refractivity contribution in [1.82, 2.24) is 15.2 Å². The molecule has 0 atom stereocenters. The minimum absolute atomic E-state index is 0.132. The zero-order chi connectivity index (χ0) is 24.6. The van der Waals surface area contributed by atoms with Crippen molar-refractivity contribution in [1.29, 1.82) is 0 Å². The molecular weight excluding hydrogens is 458 g/mol. The van der Waals surface area contributed by atoms with Gasteiger partial charge in [0.15, 0.2) is 5.11 Å². The first-order chi connectivity index (χ1) is 17.1. The van der Waals surface area contributed by atoms with Crippen molar-refractivity contribution >= 4 is 28.2 Å². The minimum atomic E-state index is -0.132. The van der Waals surface area contributed by atoms with Gasteiger partial charge in [-0.1, -0.05) is 42.5 Å². The van der Waals surface area contributed by atoms with Crippen LogP contribution in [0.2, 0.25) is 0 Å². The zero-order valence-corrected chi connectivity index (χ0v) is 20.7. The number of rotatable bonds is 9. The summed E-state index contributed by atoms with van der Waals surface area (Å²) < 4.78 is 10.9. The number of hydrogen-bond acceptors (Lipinski definition) is 4. The highest BCUT2D eigenvalue weighted by Gasteiger charge is 2.15. The van der Waals surface area contributed by atoms with Crippen LogP contribution in [0.3, 0.4) is 0 Å². The third kappa shape index (κ3) is 6.39. The van der Waals surface area contributed by atoms with Gasteiger partial charge in [-0.3, -0.25) is 4.79 Å². The van der Waals surface area contributed by atoms with Crippen LogP contribution in [0.5, 0.6) is 11.5 Å². The lowest BCUT2D eigenvalue weighted by Crippen LogP contribution is -2.39. The van der Waals surface area contributed by atoms with Crippen LogP contribution in [0.4, 0.5) is 0 Å². The van der Waals surface area contributed by atoms with Gasteiger partial charge in [0.2, 0.25) is 0 Å². The molecule has 1 aromatic heterocycles. The van der Waals surface area contributed by atoms with Gasteiger partial charge < -0.3 is 24.7 Å². The molecule has 4 rings (SSSR count). The Hall–Kier alpha value is -3.84. The Morgan fingerprint density at radius 1 is 0.943 bits per heavy atom. The maximum absolute atomic E-state index is 12.9. The molecular formula is C28H29N3O3S. The van der Waals surface area contributed by atoms with E-state index >= 15 is 0 Å². The van der Waals surface area contributed by atoms with Gasteiger partial charge in [0.1, 0.15) is 11.5 Å². The Bertz CT molecular complexity index is 1340. The van der Waals surface area contributed by atoms with Gasteiger partial charge in [0, 0.05) is 29.6 Å². The Kier molecular flexibility index (Phi) is 8.00. The van der Waals surface area contributed by atoms with Crippen molar-refractivity contribution in [2.45, 2.75) is 26.6 Å². The predicted molar refractivity (Wildman–Crippen MR) is 144 cm³/mol. The third-order valence-electron chi connectivity index (χ3n) is 5.67. The van der Waals surface area contributed by atoms with Crippen LogP contribution in [-0.2, 0) is 19.6 Å². The molecule has 35 heavy (non-hydrogen) atoms. The fourth-order valence-corrected chi connectivity index (χ4v) is 4.05. The van der Waals surface area contributed by atoms with Crippen LogP contribution in [0, 0.1) is 0 Å². The van der Waals surface area contributed by atoms with Crippen molar-refractivity contribution in [3.8, 4) is 11.5 Å². The molecule has 0 fully saturated rings. The Morgan fingerprint density at radius 3 is 2.40 bits per heavy atom. The molecule has 1 heterocycles. The van der Waals surface area contributed by atoms with E-state index in [1.807, 2.05) is 90.7 Å². The van der Waals surface area contributed by atoms with Gasteiger partial charge in [0.25, 0.3) is 5.56 Å². The molecule has 0 saturated heterocycles. The lowest BCUT2D eigenvalue weighted by atomic mass is 10.1. The minimum Gasteiger partial charge on any atom is -0.497 e. The molecule has 4 aromatic rings. The third-order valence-corrected chi connectivity index (χ3v) is 6.07.